The molecule has 1 aromatic rings. The van der Waals surface area contributed by atoms with E-state index in [1.54, 1.807) is 0 Å². The summed E-state index contributed by atoms with van der Waals surface area (Å²) in [4.78, 5) is 0. The molecule has 3 rings (SSSR count). The monoisotopic (exact) mass is 272 g/mol. The van der Waals surface area contributed by atoms with Crippen LogP contribution in [0, 0.1) is 0 Å². The molecular formula is C18H24O2. The van der Waals surface area contributed by atoms with E-state index >= 15 is 0 Å². The van der Waals surface area contributed by atoms with Crippen LogP contribution in [0.3, 0.4) is 0 Å². The van der Waals surface area contributed by atoms with Crippen LogP contribution in [-0.2, 0) is 15.9 Å². The molecule has 2 unspecified atom stereocenters. The molecule has 0 aromatic heterocycles. The Hall–Kier alpha value is -1.12. The summed E-state index contributed by atoms with van der Waals surface area (Å²) in [5.74, 6) is -0.352. The van der Waals surface area contributed by atoms with Gasteiger partial charge in [0.1, 0.15) is 0 Å². The van der Waals surface area contributed by atoms with E-state index in [2.05, 4.69) is 36.9 Å². The lowest BCUT2D eigenvalue weighted by Gasteiger charge is -2.44. The van der Waals surface area contributed by atoms with E-state index in [1.165, 1.54) is 17.6 Å². The van der Waals surface area contributed by atoms with E-state index in [4.69, 9.17) is 9.47 Å². The van der Waals surface area contributed by atoms with E-state index in [9.17, 15) is 0 Å². The first-order chi connectivity index (χ1) is 9.76. The highest BCUT2D eigenvalue weighted by atomic mass is 16.7. The van der Waals surface area contributed by atoms with Crippen molar-refractivity contribution in [3.8, 4) is 0 Å². The highest BCUT2D eigenvalue weighted by molar-refractivity contribution is 5.15. The maximum atomic E-state index is 6.32. The molecule has 2 heteroatoms. The van der Waals surface area contributed by atoms with Gasteiger partial charge in [0.15, 0.2) is 5.79 Å². The van der Waals surface area contributed by atoms with Gasteiger partial charge in [0, 0.05) is 12.8 Å². The van der Waals surface area contributed by atoms with Gasteiger partial charge in [-0.2, -0.15) is 0 Å². The second-order valence-corrected chi connectivity index (χ2v) is 6.11. The molecule has 2 aliphatic heterocycles. The molecule has 0 N–H and O–H groups in total. The maximum Gasteiger partial charge on any atom is 0.172 e. The van der Waals surface area contributed by atoms with Gasteiger partial charge in [-0.25, -0.2) is 0 Å². The Labute approximate surface area is 121 Å². The van der Waals surface area contributed by atoms with Crippen LogP contribution in [-0.4, -0.2) is 18.5 Å². The topological polar surface area (TPSA) is 18.5 Å². The van der Waals surface area contributed by atoms with E-state index in [1.807, 2.05) is 0 Å². The minimum atomic E-state index is -0.352. The molecule has 20 heavy (non-hydrogen) atoms. The van der Waals surface area contributed by atoms with Crippen LogP contribution in [0.2, 0.25) is 0 Å². The fourth-order valence-electron chi connectivity index (χ4n) is 3.35. The lowest BCUT2D eigenvalue weighted by Crippen LogP contribution is -2.46. The fraction of sp³-hybridized carbons (Fsp3) is 0.556. The van der Waals surface area contributed by atoms with Crippen LogP contribution in [0.15, 0.2) is 42.5 Å². The van der Waals surface area contributed by atoms with Crippen LogP contribution >= 0.6 is 0 Å². The summed E-state index contributed by atoms with van der Waals surface area (Å²) in [7, 11) is 0. The second kappa shape index (κ2) is 6.11. The molecule has 0 radical (unpaired) electrons. The average molecular weight is 272 g/mol. The highest BCUT2D eigenvalue weighted by Gasteiger charge is 2.40. The number of hydrogen-bond acceptors (Lipinski definition) is 2. The smallest absolute Gasteiger partial charge is 0.172 e. The lowest BCUT2D eigenvalue weighted by atomic mass is 9.90. The maximum absolute atomic E-state index is 6.32. The Balaban J connectivity index is 1.60. The Kier molecular flexibility index (Phi) is 4.23. The largest absolute Gasteiger partial charge is 0.350 e. The van der Waals surface area contributed by atoms with Gasteiger partial charge in [-0.05, 0) is 37.7 Å². The van der Waals surface area contributed by atoms with Crippen molar-refractivity contribution in [1.29, 1.82) is 0 Å². The Morgan fingerprint density at radius 1 is 1.20 bits per heavy atom. The molecule has 2 saturated heterocycles. The number of benzene rings is 1. The fourth-order valence-corrected chi connectivity index (χ4v) is 3.35. The van der Waals surface area contributed by atoms with Crippen molar-refractivity contribution < 1.29 is 9.47 Å². The van der Waals surface area contributed by atoms with Gasteiger partial charge in [0.05, 0.1) is 12.7 Å². The summed E-state index contributed by atoms with van der Waals surface area (Å²) in [6.07, 6.45) is 7.63. The number of rotatable bonds is 3. The van der Waals surface area contributed by atoms with Gasteiger partial charge >= 0.3 is 0 Å². The molecule has 2 fully saturated rings. The van der Waals surface area contributed by atoms with Gasteiger partial charge < -0.3 is 9.47 Å². The van der Waals surface area contributed by atoms with Crippen molar-refractivity contribution in [3.05, 3.63) is 48.0 Å². The summed E-state index contributed by atoms with van der Waals surface area (Å²) in [6, 6.07) is 10.6. The van der Waals surface area contributed by atoms with Crippen LogP contribution in [0.5, 0.6) is 0 Å². The first-order valence-electron chi connectivity index (χ1n) is 7.78. The van der Waals surface area contributed by atoms with Crippen LogP contribution < -0.4 is 0 Å². The number of ether oxygens (including phenoxy) is 2. The zero-order valence-electron chi connectivity index (χ0n) is 12.1. The van der Waals surface area contributed by atoms with Crippen molar-refractivity contribution in [2.75, 3.05) is 6.61 Å². The molecular weight excluding hydrogens is 248 g/mol. The first-order valence-corrected chi connectivity index (χ1v) is 7.78. The average Bonchev–Trinajstić information content (AvgIpc) is 2.46. The van der Waals surface area contributed by atoms with E-state index < -0.39 is 0 Å². The Bertz CT molecular complexity index is 446. The summed E-state index contributed by atoms with van der Waals surface area (Å²) < 4.78 is 12.3. The normalized spacial score (nSPS) is 30.6. The third kappa shape index (κ3) is 3.31. The van der Waals surface area contributed by atoms with Crippen LogP contribution in [0.1, 0.15) is 44.1 Å². The molecule has 2 heterocycles. The SMILES string of the molecule is C=C1CC(CCc2ccccc2)OC2(CCCCO2)C1. The molecule has 108 valence electrons. The van der Waals surface area contributed by atoms with Crippen molar-refractivity contribution in [2.24, 2.45) is 0 Å². The molecule has 0 aliphatic carbocycles. The molecule has 0 bridgehead atoms. The van der Waals surface area contributed by atoms with Gasteiger partial charge in [0.2, 0.25) is 0 Å². The van der Waals surface area contributed by atoms with Crippen molar-refractivity contribution >= 4 is 0 Å². The minimum Gasteiger partial charge on any atom is -0.350 e. The zero-order chi connectivity index (χ0) is 13.8. The molecule has 2 aliphatic rings. The van der Waals surface area contributed by atoms with Crippen LogP contribution in [0.4, 0.5) is 0 Å². The van der Waals surface area contributed by atoms with Crippen molar-refractivity contribution in [2.45, 2.75) is 56.8 Å². The van der Waals surface area contributed by atoms with Crippen molar-refractivity contribution in [3.63, 3.8) is 0 Å². The molecule has 0 amide bonds. The predicted octanol–water partition coefficient (Wildman–Crippen LogP) is 4.25. The molecule has 1 aromatic carbocycles. The van der Waals surface area contributed by atoms with Gasteiger partial charge in [-0.15, -0.1) is 0 Å². The lowest BCUT2D eigenvalue weighted by molar-refractivity contribution is -0.285. The Morgan fingerprint density at radius 2 is 2.05 bits per heavy atom. The zero-order valence-corrected chi connectivity index (χ0v) is 12.1. The summed E-state index contributed by atoms with van der Waals surface area (Å²) in [6.45, 7) is 5.04. The quantitative estimate of drug-likeness (QED) is 0.766. The molecule has 0 saturated carbocycles. The van der Waals surface area contributed by atoms with E-state index in [-0.39, 0.29) is 11.9 Å². The van der Waals surface area contributed by atoms with E-state index in [0.29, 0.717) is 0 Å². The summed E-state index contributed by atoms with van der Waals surface area (Å²) in [5, 5.41) is 0. The van der Waals surface area contributed by atoms with Gasteiger partial charge in [-0.3, -0.25) is 0 Å². The second-order valence-electron chi connectivity index (χ2n) is 6.11. The summed E-state index contributed by atoms with van der Waals surface area (Å²) in [5.41, 5.74) is 2.67. The minimum absolute atomic E-state index is 0.259. The van der Waals surface area contributed by atoms with Gasteiger partial charge in [-0.1, -0.05) is 42.5 Å². The standard InChI is InChI=1S/C18H24O2/c1-15-13-17(10-9-16-7-3-2-4-8-16)20-18(14-15)11-5-6-12-19-18/h2-4,7-8,17H,1,5-6,9-14H2. The van der Waals surface area contributed by atoms with E-state index in [0.717, 1.165) is 45.1 Å². The molecule has 2 atom stereocenters. The first kappa shape index (κ1) is 13.8. The number of aryl methyl sites for hydroxylation is 1. The third-order valence-electron chi connectivity index (χ3n) is 4.33. The Morgan fingerprint density at radius 3 is 2.80 bits per heavy atom. The summed E-state index contributed by atoms with van der Waals surface area (Å²) >= 11 is 0. The third-order valence-corrected chi connectivity index (χ3v) is 4.33. The molecule has 2 nitrogen and oxygen atoms in total. The molecule has 1 spiro atoms. The predicted molar refractivity (Wildman–Crippen MR) is 80.5 cm³/mol. The van der Waals surface area contributed by atoms with Crippen molar-refractivity contribution in [1.82, 2.24) is 0 Å². The number of hydrogen-bond donors (Lipinski definition) is 0. The van der Waals surface area contributed by atoms with Crippen LogP contribution in [0.25, 0.3) is 0 Å². The highest BCUT2D eigenvalue weighted by Crippen LogP contribution is 2.39. The van der Waals surface area contributed by atoms with Gasteiger partial charge in [0.25, 0.3) is 0 Å².